The Balaban J connectivity index is 1.36. The highest BCUT2D eigenvalue weighted by Gasteiger charge is 2.25. The number of fused-ring (bicyclic) bond motifs is 2. The zero-order chi connectivity index (χ0) is 20.7. The molecule has 1 atom stereocenters. The lowest BCUT2D eigenvalue weighted by molar-refractivity contribution is 0.262. The fraction of sp³-hybridized carbons (Fsp3) is 0.261. The molecule has 2 aromatic carbocycles. The summed E-state index contributed by atoms with van der Waals surface area (Å²) in [5, 5.41) is 7.12. The van der Waals surface area contributed by atoms with E-state index in [9.17, 15) is 4.79 Å². The molecule has 1 fully saturated rings. The van der Waals surface area contributed by atoms with Crippen molar-refractivity contribution in [2.45, 2.75) is 25.2 Å². The Hall–Kier alpha value is -1.75. The summed E-state index contributed by atoms with van der Waals surface area (Å²) in [6.07, 6.45) is 8.19. The quantitative estimate of drug-likeness (QED) is 0.292. The summed E-state index contributed by atoms with van der Waals surface area (Å²) in [5.74, 6) is 0.431. The largest absolute Gasteiger partial charge is 0.375 e. The van der Waals surface area contributed by atoms with Crippen LogP contribution in [-0.2, 0) is 0 Å². The van der Waals surface area contributed by atoms with E-state index in [1.54, 1.807) is 0 Å². The predicted molar refractivity (Wildman–Crippen MR) is 139 cm³/mol. The van der Waals surface area contributed by atoms with Gasteiger partial charge in [-0.15, -0.1) is 0 Å². The van der Waals surface area contributed by atoms with Crippen molar-refractivity contribution in [2.75, 3.05) is 23.7 Å². The molecular formula is C23H22I2N4O. The van der Waals surface area contributed by atoms with Crippen LogP contribution in [0.3, 0.4) is 0 Å². The number of aromatic amines is 1. The molecule has 2 aliphatic heterocycles. The number of amides is 2. The van der Waals surface area contributed by atoms with Gasteiger partial charge in [-0.1, -0.05) is 6.08 Å². The average Bonchev–Trinajstić information content (AvgIpc) is 3.36. The Morgan fingerprint density at radius 2 is 2.00 bits per heavy atom. The molecule has 0 radical (unpaired) electrons. The van der Waals surface area contributed by atoms with E-state index >= 15 is 0 Å². The second-order valence-corrected chi connectivity index (χ2v) is 10.3. The maximum atomic E-state index is 12.6. The van der Waals surface area contributed by atoms with Gasteiger partial charge in [0, 0.05) is 54.6 Å². The number of carbonyl (C=O) groups excluding carboxylic acids is 1. The Labute approximate surface area is 203 Å². The number of carbonyl (C=O) groups is 1. The van der Waals surface area contributed by atoms with Crippen LogP contribution < -0.4 is 10.6 Å². The zero-order valence-electron chi connectivity index (χ0n) is 16.3. The number of anilines is 2. The molecule has 0 spiro atoms. The maximum Gasteiger partial charge on any atom is 0.323 e. The molecular weight excluding hydrogens is 602 g/mol. The topological polar surface area (TPSA) is 60.2 Å². The third kappa shape index (κ3) is 4.05. The highest BCUT2D eigenvalue weighted by atomic mass is 127. The fourth-order valence-electron chi connectivity index (χ4n) is 4.45. The van der Waals surface area contributed by atoms with Crippen LogP contribution in [0.2, 0.25) is 0 Å². The minimum Gasteiger partial charge on any atom is -0.375 e. The molecule has 3 aromatic rings. The summed E-state index contributed by atoms with van der Waals surface area (Å²) in [5.41, 5.74) is 5.54. The van der Waals surface area contributed by atoms with Crippen LogP contribution >= 0.6 is 45.2 Å². The minimum atomic E-state index is -0.230. The smallest absolute Gasteiger partial charge is 0.323 e. The average molecular weight is 624 g/mol. The van der Waals surface area contributed by atoms with Crippen LogP contribution in [0, 0.1) is 7.14 Å². The molecule has 3 N–H and O–H groups in total. The first kappa shape index (κ1) is 20.2. The summed E-state index contributed by atoms with van der Waals surface area (Å²) in [7, 11) is 0. The molecule has 1 unspecified atom stereocenters. The standard InChI is InChI=1S/C23H22I2N4O/c24-15-3-5-22(20(25)11-15)28-23(30)27-16-4-6-21-18(12-16)19(13-26-21)14-7-9-29-8-1-2-17(29)10-14/h3-6,10-14,26H,1-2,7-9H2,(H2,27,28,30). The number of nitrogens with one attached hydrogen (secondary N) is 3. The summed E-state index contributed by atoms with van der Waals surface area (Å²) in [6, 6.07) is 11.8. The van der Waals surface area contributed by atoms with Gasteiger partial charge < -0.3 is 20.5 Å². The molecule has 1 saturated heterocycles. The molecule has 7 heteroatoms. The molecule has 30 heavy (non-hydrogen) atoms. The van der Waals surface area contributed by atoms with Gasteiger partial charge in [0.15, 0.2) is 0 Å². The molecule has 0 saturated carbocycles. The molecule has 0 aliphatic carbocycles. The third-order valence-corrected chi connectivity index (χ3v) is 7.48. The van der Waals surface area contributed by atoms with E-state index in [4.69, 9.17) is 0 Å². The lowest BCUT2D eigenvalue weighted by Gasteiger charge is -2.28. The van der Waals surface area contributed by atoms with Gasteiger partial charge >= 0.3 is 6.03 Å². The van der Waals surface area contributed by atoms with Crippen molar-refractivity contribution in [1.29, 1.82) is 0 Å². The number of aromatic nitrogens is 1. The Kier molecular flexibility index (Phi) is 5.65. The van der Waals surface area contributed by atoms with E-state index in [0.29, 0.717) is 5.92 Å². The summed E-state index contributed by atoms with van der Waals surface area (Å²) < 4.78 is 2.16. The minimum absolute atomic E-state index is 0.230. The van der Waals surface area contributed by atoms with Crippen LogP contribution in [0.15, 0.2) is 54.4 Å². The van der Waals surface area contributed by atoms with Gasteiger partial charge in [-0.2, -0.15) is 0 Å². The van der Waals surface area contributed by atoms with E-state index in [2.05, 4.69) is 84.0 Å². The monoisotopic (exact) mass is 624 g/mol. The van der Waals surface area contributed by atoms with E-state index in [0.717, 1.165) is 37.0 Å². The number of hydrogen-bond donors (Lipinski definition) is 3. The van der Waals surface area contributed by atoms with Crippen molar-refractivity contribution < 1.29 is 4.79 Å². The second kappa shape index (κ2) is 8.41. The van der Waals surface area contributed by atoms with Gasteiger partial charge in [-0.25, -0.2) is 4.79 Å². The summed E-state index contributed by atoms with van der Waals surface area (Å²) in [4.78, 5) is 18.5. The highest BCUT2D eigenvalue weighted by Crippen LogP contribution is 2.37. The van der Waals surface area contributed by atoms with Gasteiger partial charge in [0.05, 0.1) is 5.69 Å². The van der Waals surface area contributed by atoms with E-state index in [1.165, 1.54) is 36.0 Å². The lowest BCUT2D eigenvalue weighted by Crippen LogP contribution is -2.25. The van der Waals surface area contributed by atoms with Crippen molar-refractivity contribution >= 4 is 73.5 Å². The summed E-state index contributed by atoms with van der Waals surface area (Å²) >= 11 is 4.51. The van der Waals surface area contributed by atoms with Crippen molar-refractivity contribution in [2.24, 2.45) is 0 Å². The lowest BCUT2D eigenvalue weighted by atomic mass is 9.91. The highest BCUT2D eigenvalue weighted by molar-refractivity contribution is 14.1. The molecule has 3 heterocycles. The Bertz CT molecular complexity index is 1150. The van der Waals surface area contributed by atoms with E-state index in [1.807, 2.05) is 30.3 Å². The number of H-pyrrole nitrogens is 1. The zero-order valence-corrected chi connectivity index (χ0v) is 20.7. The van der Waals surface area contributed by atoms with Gasteiger partial charge in [0.2, 0.25) is 0 Å². The fourth-order valence-corrected chi connectivity index (χ4v) is 6.19. The van der Waals surface area contributed by atoms with E-state index in [-0.39, 0.29) is 6.03 Å². The number of rotatable bonds is 3. The van der Waals surface area contributed by atoms with Gasteiger partial charge in [-0.05, 0) is 106 Å². The number of urea groups is 1. The Morgan fingerprint density at radius 3 is 2.87 bits per heavy atom. The number of allylic oxidation sites excluding steroid dienone is 2. The molecule has 0 bridgehead atoms. The van der Waals surface area contributed by atoms with Crippen LogP contribution in [-0.4, -0.2) is 29.0 Å². The van der Waals surface area contributed by atoms with Crippen LogP contribution in [0.1, 0.15) is 30.7 Å². The molecule has 5 rings (SSSR count). The predicted octanol–water partition coefficient (Wildman–Crippen LogP) is 6.49. The molecule has 2 amide bonds. The van der Waals surface area contributed by atoms with Gasteiger partial charge in [0.25, 0.3) is 0 Å². The van der Waals surface area contributed by atoms with Crippen LogP contribution in [0.25, 0.3) is 10.9 Å². The van der Waals surface area contributed by atoms with Gasteiger partial charge in [0.1, 0.15) is 0 Å². The molecule has 5 nitrogen and oxygen atoms in total. The van der Waals surface area contributed by atoms with Crippen LogP contribution in [0.4, 0.5) is 16.2 Å². The normalized spacial score (nSPS) is 18.3. The van der Waals surface area contributed by atoms with Crippen molar-refractivity contribution in [3.05, 3.63) is 67.1 Å². The molecule has 1 aromatic heterocycles. The number of nitrogens with zero attached hydrogens (tertiary/aromatic N) is 1. The SMILES string of the molecule is O=C(Nc1ccc2[nH]cc(C3C=C4CCCN4CC3)c2c1)Nc1ccc(I)cc1I. The number of benzene rings is 2. The van der Waals surface area contributed by atoms with Crippen LogP contribution in [0.5, 0.6) is 0 Å². The van der Waals surface area contributed by atoms with Crippen molar-refractivity contribution in [1.82, 2.24) is 9.88 Å². The third-order valence-electron chi connectivity index (χ3n) is 5.92. The first-order valence-electron chi connectivity index (χ1n) is 10.2. The van der Waals surface area contributed by atoms with Crippen molar-refractivity contribution in [3.8, 4) is 0 Å². The number of halogens is 2. The first-order chi connectivity index (χ1) is 14.6. The van der Waals surface area contributed by atoms with E-state index < -0.39 is 0 Å². The molecule has 2 aliphatic rings. The molecule has 154 valence electrons. The van der Waals surface area contributed by atoms with Gasteiger partial charge in [-0.3, -0.25) is 0 Å². The Morgan fingerprint density at radius 1 is 1.10 bits per heavy atom. The number of hydrogen-bond acceptors (Lipinski definition) is 2. The van der Waals surface area contributed by atoms with Crippen molar-refractivity contribution in [3.63, 3.8) is 0 Å². The summed E-state index contributed by atoms with van der Waals surface area (Å²) in [6.45, 7) is 2.34. The first-order valence-corrected chi connectivity index (χ1v) is 12.3. The maximum absolute atomic E-state index is 12.6. The second-order valence-electron chi connectivity index (χ2n) is 7.85.